The van der Waals surface area contributed by atoms with Gasteiger partial charge < -0.3 is 5.32 Å². The first kappa shape index (κ1) is 12.0. The number of carbonyl (C=O) groups is 1. The molecule has 0 saturated carbocycles. The van der Waals surface area contributed by atoms with E-state index in [4.69, 9.17) is 5.84 Å². The molecule has 0 aliphatic rings. The highest BCUT2D eigenvalue weighted by atomic mass is 79.9. The van der Waals surface area contributed by atoms with Crippen LogP contribution in [-0.2, 0) is 0 Å². The minimum Gasteiger partial charge on any atom is -0.305 e. The van der Waals surface area contributed by atoms with Crippen LogP contribution in [0, 0.1) is 0 Å². The van der Waals surface area contributed by atoms with Gasteiger partial charge in [-0.3, -0.25) is 5.43 Å². The summed E-state index contributed by atoms with van der Waals surface area (Å²) in [6.07, 6.45) is 0. The predicted octanol–water partition coefficient (Wildman–Crippen LogP) is 2.97. The molecule has 0 bridgehead atoms. The van der Waals surface area contributed by atoms with Gasteiger partial charge in [-0.1, -0.05) is 15.9 Å². The van der Waals surface area contributed by atoms with E-state index >= 15 is 0 Å². The van der Waals surface area contributed by atoms with Crippen molar-refractivity contribution in [1.29, 1.82) is 0 Å². The fourth-order valence-electron chi connectivity index (χ4n) is 0.811. The molecule has 1 aromatic rings. The molecule has 76 valence electrons. The molecule has 7 heteroatoms. The van der Waals surface area contributed by atoms with E-state index in [1.165, 1.54) is 0 Å². The zero-order valence-corrected chi connectivity index (χ0v) is 11.5. The maximum absolute atomic E-state index is 11.0. The Labute approximate surface area is 106 Å². The highest BCUT2D eigenvalue weighted by molar-refractivity contribution is 9.11. The molecule has 1 rings (SSSR count). The summed E-state index contributed by atoms with van der Waals surface area (Å²) in [7, 11) is 0. The Morgan fingerprint density at radius 1 is 1.21 bits per heavy atom. The second kappa shape index (κ2) is 5.11. The zero-order valence-electron chi connectivity index (χ0n) is 6.77. The van der Waals surface area contributed by atoms with Crippen LogP contribution in [0.3, 0.4) is 0 Å². The van der Waals surface area contributed by atoms with Crippen molar-refractivity contribution < 1.29 is 4.79 Å². The summed E-state index contributed by atoms with van der Waals surface area (Å²) in [6, 6.07) is 3.15. The number of halogens is 3. The highest BCUT2D eigenvalue weighted by Gasteiger charge is 2.08. The average Bonchev–Trinajstić information content (AvgIpc) is 2.10. The van der Waals surface area contributed by atoms with Gasteiger partial charge in [0, 0.05) is 13.4 Å². The average molecular weight is 388 g/mol. The summed E-state index contributed by atoms with van der Waals surface area (Å²) in [4.78, 5) is 11.0. The van der Waals surface area contributed by atoms with Crippen LogP contribution in [0.4, 0.5) is 10.5 Å². The van der Waals surface area contributed by atoms with Gasteiger partial charge in [-0.25, -0.2) is 10.6 Å². The maximum atomic E-state index is 11.0. The molecular weight excluding hydrogens is 382 g/mol. The molecule has 4 nitrogen and oxygen atoms in total. The van der Waals surface area contributed by atoms with Gasteiger partial charge in [0.25, 0.3) is 0 Å². The molecule has 0 unspecified atom stereocenters. The number of urea groups is 1. The molecule has 0 aromatic heterocycles. The molecule has 0 aliphatic carbocycles. The van der Waals surface area contributed by atoms with Gasteiger partial charge in [0.1, 0.15) is 0 Å². The number of hydrogen-bond donors (Lipinski definition) is 3. The van der Waals surface area contributed by atoms with Crippen molar-refractivity contribution in [1.82, 2.24) is 5.43 Å². The first-order chi connectivity index (χ1) is 6.54. The largest absolute Gasteiger partial charge is 0.333 e. The number of rotatable bonds is 1. The lowest BCUT2D eigenvalue weighted by Crippen LogP contribution is -2.34. The third-order valence-electron chi connectivity index (χ3n) is 1.38. The number of nitrogens with two attached hydrogens (primary N) is 1. The van der Waals surface area contributed by atoms with Crippen molar-refractivity contribution in [3.05, 3.63) is 25.6 Å². The summed E-state index contributed by atoms with van der Waals surface area (Å²) >= 11 is 9.94. The number of hydrogen-bond acceptors (Lipinski definition) is 2. The van der Waals surface area contributed by atoms with Gasteiger partial charge in [-0.2, -0.15) is 0 Å². The first-order valence-corrected chi connectivity index (χ1v) is 5.84. The number of hydrazine groups is 1. The first-order valence-electron chi connectivity index (χ1n) is 3.46. The van der Waals surface area contributed by atoms with Crippen LogP contribution in [0.1, 0.15) is 0 Å². The minimum absolute atomic E-state index is 0.478. The van der Waals surface area contributed by atoms with Crippen molar-refractivity contribution in [2.75, 3.05) is 5.32 Å². The van der Waals surface area contributed by atoms with Crippen LogP contribution >= 0.6 is 47.8 Å². The van der Waals surface area contributed by atoms with Crippen LogP contribution in [0.2, 0.25) is 0 Å². The van der Waals surface area contributed by atoms with Gasteiger partial charge in [-0.15, -0.1) is 0 Å². The summed E-state index contributed by atoms with van der Waals surface area (Å²) in [6.45, 7) is 0. The molecule has 0 saturated heterocycles. The van der Waals surface area contributed by atoms with E-state index in [1.807, 2.05) is 17.6 Å². The molecule has 0 spiro atoms. The van der Waals surface area contributed by atoms with Crippen LogP contribution in [-0.4, -0.2) is 6.03 Å². The molecule has 0 heterocycles. The SMILES string of the molecule is NNC(=O)Nc1c(Br)cc(Br)cc1Br. The number of amides is 2. The molecule has 0 fully saturated rings. The molecular formula is C7H6Br3N3O. The lowest BCUT2D eigenvalue weighted by atomic mass is 10.3. The number of nitrogens with one attached hydrogen (secondary N) is 2. The zero-order chi connectivity index (χ0) is 10.7. The maximum Gasteiger partial charge on any atom is 0.333 e. The van der Waals surface area contributed by atoms with Crippen LogP contribution < -0.4 is 16.6 Å². The molecule has 0 aliphatic heterocycles. The highest BCUT2D eigenvalue weighted by Crippen LogP contribution is 2.34. The van der Waals surface area contributed by atoms with Crippen LogP contribution in [0.5, 0.6) is 0 Å². The van der Waals surface area contributed by atoms with Gasteiger partial charge in [0.2, 0.25) is 0 Å². The van der Waals surface area contributed by atoms with Crippen molar-refractivity contribution in [2.45, 2.75) is 0 Å². The van der Waals surface area contributed by atoms with Crippen LogP contribution in [0.25, 0.3) is 0 Å². The Morgan fingerprint density at radius 2 is 1.71 bits per heavy atom. The van der Waals surface area contributed by atoms with E-state index in [0.29, 0.717) is 5.69 Å². The monoisotopic (exact) mass is 385 g/mol. The number of anilines is 1. The standard InChI is InChI=1S/C7H6Br3N3O/c8-3-1-4(9)6(5(10)2-3)12-7(14)13-11/h1-2H,11H2,(H2,12,13,14). The predicted molar refractivity (Wildman–Crippen MR) is 65.9 cm³/mol. The Hall–Kier alpha value is -0.110. The van der Waals surface area contributed by atoms with E-state index in [1.54, 1.807) is 0 Å². The van der Waals surface area contributed by atoms with E-state index in [-0.39, 0.29) is 0 Å². The molecule has 0 radical (unpaired) electrons. The van der Waals surface area contributed by atoms with Gasteiger partial charge in [-0.05, 0) is 44.0 Å². The smallest absolute Gasteiger partial charge is 0.305 e. The normalized spacial score (nSPS) is 9.71. The fourth-order valence-corrected chi connectivity index (χ4v) is 3.27. The second-order valence-corrected chi connectivity index (χ2v) is 4.97. The van der Waals surface area contributed by atoms with Crippen molar-refractivity contribution in [2.24, 2.45) is 5.84 Å². The Morgan fingerprint density at radius 3 is 2.14 bits per heavy atom. The number of benzene rings is 1. The Kier molecular flexibility index (Phi) is 4.36. The lowest BCUT2D eigenvalue weighted by Gasteiger charge is -2.09. The second-order valence-electron chi connectivity index (χ2n) is 2.34. The third kappa shape index (κ3) is 2.94. The van der Waals surface area contributed by atoms with Gasteiger partial charge in [0.05, 0.1) is 5.69 Å². The third-order valence-corrected chi connectivity index (χ3v) is 3.09. The van der Waals surface area contributed by atoms with Crippen molar-refractivity contribution >= 4 is 59.5 Å². The lowest BCUT2D eigenvalue weighted by molar-refractivity contribution is 0.252. The fraction of sp³-hybridized carbons (Fsp3) is 0. The van der Waals surface area contributed by atoms with Gasteiger partial charge in [0.15, 0.2) is 0 Å². The quantitative estimate of drug-likeness (QED) is 0.394. The topological polar surface area (TPSA) is 67.1 Å². The van der Waals surface area contributed by atoms with E-state index < -0.39 is 6.03 Å². The molecule has 1 aromatic carbocycles. The minimum atomic E-state index is -0.478. The summed E-state index contributed by atoms with van der Waals surface area (Å²) in [5, 5.41) is 2.57. The Balaban J connectivity index is 3.02. The van der Waals surface area contributed by atoms with Crippen molar-refractivity contribution in [3.8, 4) is 0 Å². The van der Waals surface area contributed by atoms with E-state index in [0.717, 1.165) is 13.4 Å². The van der Waals surface area contributed by atoms with E-state index in [2.05, 4.69) is 53.1 Å². The van der Waals surface area contributed by atoms with Crippen molar-refractivity contribution in [3.63, 3.8) is 0 Å². The molecule has 4 N–H and O–H groups in total. The molecule has 0 atom stereocenters. The van der Waals surface area contributed by atoms with Crippen LogP contribution in [0.15, 0.2) is 25.6 Å². The van der Waals surface area contributed by atoms with Gasteiger partial charge >= 0.3 is 6.03 Å². The molecule has 2 amide bonds. The summed E-state index contributed by atoms with van der Waals surface area (Å²) < 4.78 is 2.40. The molecule has 14 heavy (non-hydrogen) atoms. The summed E-state index contributed by atoms with van der Waals surface area (Å²) in [5.41, 5.74) is 2.60. The van der Waals surface area contributed by atoms with E-state index in [9.17, 15) is 4.79 Å². The number of carbonyl (C=O) groups excluding carboxylic acids is 1. The summed E-state index contributed by atoms with van der Waals surface area (Å²) in [5.74, 6) is 4.95. The Bertz CT molecular complexity index is 346.